The highest BCUT2D eigenvalue weighted by atomic mass is 16.2. The zero-order chi connectivity index (χ0) is 14.0. The van der Waals surface area contributed by atoms with Gasteiger partial charge < -0.3 is 5.32 Å². The Morgan fingerprint density at radius 1 is 1.32 bits per heavy atom. The minimum absolute atomic E-state index is 0.0797. The summed E-state index contributed by atoms with van der Waals surface area (Å²) in [4.78, 5) is 11.9. The Kier molecular flexibility index (Phi) is 4.25. The summed E-state index contributed by atoms with van der Waals surface area (Å²) >= 11 is 0. The van der Waals surface area contributed by atoms with E-state index in [9.17, 15) is 4.79 Å². The Morgan fingerprint density at radius 3 is 2.74 bits per heavy atom. The van der Waals surface area contributed by atoms with Crippen LogP contribution in [0.15, 0.2) is 18.2 Å². The van der Waals surface area contributed by atoms with Gasteiger partial charge >= 0.3 is 0 Å². The van der Waals surface area contributed by atoms with Crippen molar-refractivity contribution in [2.45, 2.75) is 58.7 Å². The molecule has 0 saturated carbocycles. The van der Waals surface area contributed by atoms with Crippen molar-refractivity contribution < 1.29 is 4.79 Å². The summed E-state index contributed by atoms with van der Waals surface area (Å²) in [5.41, 5.74) is 4.07. The molecule has 0 saturated heterocycles. The van der Waals surface area contributed by atoms with Crippen LogP contribution in [-0.4, -0.2) is 18.0 Å². The van der Waals surface area contributed by atoms with Crippen molar-refractivity contribution in [1.29, 1.82) is 0 Å². The lowest BCUT2D eigenvalue weighted by Crippen LogP contribution is -2.45. The van der Waals surface area contributed by atoms with Gasteiger partial charge in [0.25, 0.3) is 0 Å². The average molecular weight is 260 g/mol. The molecule has 3 heteroatoms. The Hall–Kier alpha value is -1.35. The number of benzene rings is 1. The lowest BCUT2D eigenvalue weighted by molar-refractivity contribution is -0.123. The van der Waals surface area contributed by atoms with E-state index in [1.54, 1.807) is 0 Å². The van der Waals surface area contributed by atoms with E-state index < -0.39 is 0 Å². The zero-order valence-electron chi connectivity index (χ0n) is 12.3. The van der Waals surface area contributed by atoms with Gasteiger partial charge in [-0.15, -0.1) is 0 Å². The Balaban J connectivity index is 2.02. The van der Waals surface area contributed by atoms with Gasteiger partial charge in [0.05, 0.1) is 6.04 Å². The van der Waals surface area contributed by atoms with Gasteiger partial charge in [0.2, 0.25) is 5.91 Å². The second kappa shape index (κ2) is 5.74. The van der Waals surface area contributed by atoms with E-state index >= 15 is 0 Å². The molecule has 1 aliphatic rings. The molecule has 2 unspecified atom stereocenters. The van der Waals surface area contributed by atoms with Crippen LogP contribution in [0.5, 0.6) is 0 Å². The predicted molar refractivity (Wildman–Crippen MR) is 78.1 cm³/mol. The maximum absolute atomic E-state index is 11.9. The van der Waals surface area contributed by atoms with Crippen LogP contribution in [0.25, 0.3) is 0 Å². The predicted octanol–water partition coefficient (Wildman–Crippen LogP) is 2.49. The third-order valence-corrected chi connectivity index (χ3v) is 3.65. The number of hydrogen-bond acceptors (Lipinski definition) is 2. The van der Waals surface area contributed by atoms with E-state index in [1.165, 1.54) is 16.7 Å². The van der Waals surface area contributed by atoms with Gasteiger partial charge in [-0.3, -0.25) is 10.1 Å². The van der Waals surface area contributed by atoms with Crippen molar-refractivity contribution in [3.63, 3.8) is 0 Å². The molecule has 0 spiro atoms. The van der Waals surface area contributed by atoms with Crippen molar-refractivity contribution >= 4 is 5.91 Å². The third-order valence-electron chi connectivity index (χ3n) is 3.65. The standard InChI is InChI=1S/C16H24N2O/c1-10(2)17-16(19)12(4)18-15-8-7-13-6-5-11(3)9-14(13)15/h5-6,9-10,12,15,18H,7-8H2,1-4H3,(H,17,19). The molecule has 1 aromatic carbocycles. The van der Waals surface area contributed by atoms with E-state index in [4.69, 9.17) is 0 Å². The van der Waals surface area contributed by atoms with Crippen LogP contribution in [0.2, 0.25) is 0 Å². The van der Waals surface area contributed by atoms with Crippen LogP contribution in [0.4, 0.5) is 0 Å². The molecule has 0 fully saturated rings. The summed E-state index contributed by atoms with van der Waals surface area (Å²) in [5.74, 6) is 0.0797. The Morgan fingerprint density at radius 2 is 2.05 bits per heavy atom. The lowest BCUT2D eigenvalue weighted by atomic mass is 10.0. The smallest absolute Gasteiger partial charge is 0.237 e. The van der Waals surface area contributed by atoms with Gasteiger partial charge in [-0.25, -0.2) is 0 Å². The first-order valence-corrected chi connectivity index (χ1v) is 7.13. The Labute approximate surface area is 115 Å². The van der Waals surface area contributed by atoms with Crippen LogP contribution in [0, 0.1) is 6.92 Å². The summed E-state index contributed by atoms with van der Waals surface area (Å²) in [6.07, 6.45) is 2.18. The first-order valence-electron chi connectivity index (χ1n) is 7.13. The fraction of sp³-hybridized carbons (Fsp3) is 0.562. The molecule has 2 N–H and O–H groups in total. The fourth-order valence-electron chi connectivity index (χ4n) is 2.68. The van der Waals surface area contributed by atoms with Gasteiger partial charge in [-0.1, -0.05) is 23.8 Å². The summed E-state index contributed by atoms with van der Waals surface area (Å²) in [7, 11) is 0. The number of rotatable bonds is 4. The monoisotopic (exact) mass is 260 g/mol. The number of amides is 1. The lowest BCUT2D eigenvalue weighted by Gasteiger charge is -2.21. The number of carbonyl (C=O) groups excluding carboxylic acids is 1. The second-order valence-corrected chi connectivity index (χ2v) is 5.85. The molecule has 0 heterocycles. The highest BCUT2D eigenvalue weighted by Gasteiger charge is 2.25. The van der Waals surface area contributed by atoms with Crippen LogP contribution in [0.3, 0.4) is 0 Å². The van der Waals surface area contributed by atoms with E-state index in [2.05, 4.69) is 35.8 Å². The second-order valence-electron chi connectivity index (χ2n) is 5.85. The van der Waals surface area contributed by atoms with Gasteiger partial charge in [0.15, 0.2) is 0 Å². The first kappa shape index (κ1) is 14.1. The number of nitrogens with one attached hydrogen (secondary N) is 2. The van der Waals surface area contributed by atoms with Crippen LogP contribution in [0.1, 0.15) is 49.9 Å². The molecule has 19 heavy (non-hydrogen) atoms. The number of fused-ring (bicyclic) bond motifs is 1. The van der Waals surface area contributed by atoms with E-state index in [0.29, 0.717) is 6.04 Å². The molecular weight excluding hydrogens is 236 g/mol. The molecule has 0 aromatic heterocycles. The number of hydrogen-bond donors (Lipinski definition) is 2. The molecule has 0 aliphatic heterocycles. The maximum Gasteiger partial charge on any atom is 0.237 e. The number of carbonyl (C=O) groups is 1. The molecular formula is C16H24N2O. The van der Waals surface area contributed by atoms with Crippen molar-refractivity contribution in [2.24, 2.45) is 0 Å². The Bertz CT molecular complexity index is 468. The van der Waals surface area contributed by atoms with Crippen molar-refractivity contribution in [1.82, 2.24) is 10.6 Å². The summed E-state index contributed by atoms with van der Waals surface area (Å²) in [6.45, 7) is 8.02. The summed E-state index contributed by atoms with van der Waals surface area (Å²) < 4.78 is 0. The molecule has 1 aromatic rings. The molecule has 3 nitrogen and oxygen atoms in total. The van der Waals surface area contributed by atoms with Crippen LogP contribution in [-0.2, 0) is 11.2 Å². The molecule has 104 valence electrons. The van der Waals surface area contributed by atoms with Crippen LogP contribution >= 0.6 is 0 Å². The quantitative estimate of drug-likeness (QED) is 0.873. The SMILES string of the molecule is Cc1ccc2c(c1)C(NC(C)C(=O)NC(C)C)CC2. The maximum atomic E-state index is 11.9. The van der Waals surface area contributed by atoms with Crippen molar-refractivity contribution in [2.75, 3.05) is 0 Å². The van der Waals surface area contributed by atoms with Crippen molar-refractivity contribution in [3.8, 4) is 0 Å². The summed E-state index contributed by atoms with van der Waals surface area (Å²) in [6, 6.07) is 6.96. The largest absolute Gasteiger partial charge is 0.353 e. The molecule has 2 rings (SSSR count). The summed E-state index contributed by atoms with van der Waals surface area (Å²) in [5, 5.41) is 6.41. The van der Waals surface area contributed by atoms with Gasteiger partial charge in [0.1, 0.15) is 0 Å². The van der Waals surface area contributed by atoms with E-state index in [-0.39, 0.29) is 18.0 Å². The van der Waals surface area contributed by atoms with Crippen molar-refractivity contribution in [3.05, 3.63) is 34.9 Å². The topological polar surface area (TPSA) is 41.1 Å². The average Bonchev–Trinajstić information content (AvgIpc) is 2.71. The molecule has 2 atom stereocenters. The molecule has 0 radical (unpaired) electrons. The molecule has 1 aliphatic carbocycles. The van der Waals surface area contributed by atoms with Gasteiger partial charge in [-0.2, -0.15) is 0 Å². The van der Waals surface area contributed by atoms with Gasteiger partial charge in [-0.05, 0) is 51.7 Å². The third kappa shape index (κ3) is 3.35. The van der Waals surface area contributed by atoms with E-state index in [0.717, 1.165) is 12.8 Å². The van der Waals surface area contributed by atoms with Gasteiger partial charge in [0, 0.05) is 12.1 Å². The normalized spacial score (nSPS) is 19.3. The minimum Gasteiger partial charge on any atom is -0.353 e. The molecule has 1 amide bonds. The number of aryl methyl sites for hydroxylation is 2. The highest BCUT2D eigenvalue weighted by Crippen LogP contribution is 2.32. The molecule has 0 bridgehead atoms. The fourth-order valence-corrected chi connectivity index (χ4v) is 2.68. The van der Waals surface area contributed by atoms with Crippen LogP contribution < -0.4 is 10.6 Å². The minimum atomic E-state index is -0.154. The highest BCUT2D eigenvalue weighted by molar-refractivity contribution is 5.81. The first-order chi connectivity index (χ1) is 8.97. The zero-order valence-corrected chi connectivity index (χ0v) is 12.3. The van der Waals surface area contributed by atoms with E-state index in [1.807, 2.05) is 20.8 Å².